The normalized spacial score (nSPS) is 31.3. The van der Waals surface area contributed by atoms with Crippen molar-refractivity contribution < 1.29 is 14.5 Å². The highest BCUT2D eigenvalue weighted by atomic mass is 32.2. The van der Waals surface area contributed by atoms with Crippen LogP contribution in [0.15, 0.2) is 30.3 Å². The van der Waals surface area contributed by atoms with E-state index in [9.17, 15) is 9.59 Å². The number of carbonyl (C=O) groups excluding carboxylic acids is 2. The van der Waals surface area contributed by atoms with Gasteiger partial charge in [0.2, 0.25) is 5.37 Å². The van der Waals surface area contributed by atoms with E-state index in [1.165, 1.54) is 10.5 Å². The first-order valence-electron chi connectivity index (χ1n) is 6.65. The van der Waals surface area contributed by atoms with Crippen LogP contribution in [0.1, 0.15) is 24.3 Å². The molecule has 19 heavy (non-hydrogen) atoms. The number of hydrogen-bond acceptors (Lipinski definition) is 3. The van der Waals surface area contributed by atoms with E-state index in [-0.39, 0.29) is 16.5 Å². The maximum Gasteiger partial charge on any atom is 0.297 e. The van der Waals surface area contributed by atoms with E-state index in [4.69, 9.17) is 0 Å². The Kier molecular flexibility index (Phi) is 3.57. The molecule has 5 heteroatoms. The minimum Gasteiger partial charge on any atom is -0.316 e. The summed E-state index contributed by atoms with van der Waals surface area (Å²) in [5, 5.41) is 1.94. The van der Waals surface area contributed by atoms with Crippen LogP contribution < -0.4 is 10.2 Å². The van der Waals surface area contributed by atoms with Gasteiger partial charge in [0.1, 0.15) is 0 Å². The van der Waals surface area contributed by atoms with Crippen LogP contribution in [0.25, 0.3) is 0 Å². The molecule has 1 aromatic carbocycles. The smallest absolute Gasteiger partial charge is 0.297 e. The Morgan fingerprint density at radius 3 is 2.37 bits per heavy atom. The maximum absolute atomic E-state index is 11.7. The van der Waals surface area contributed by atoms with Gasteiger partial charge in [0.25, 0.3) is 11.1 Å². The van der Waals surface area contributed by atoms with Crippen molar-refractivity contribution >= 4 is 22.9 Å². The number of nitrogens with one attached hydrogen (secondary N) is 2. The van der Waals surface area contributed by atoms with Crippen LogP contribution >= 0.6 is 11.8 Å². The van der Waals surface area contributed by atoms with Gasteiger partial charge in [-0.15, -0.1) is 0 Å². The molecule has 2 N–H and O–H groups in total. The summed E-state index contributed by atoms with van der Waals surface area (Å²) in [6, 6.07) is 10.5. The lowest BCUT2D eigenvalue weighted by Gasteiger charge is -2.31. The van der Waals surface area contributed by atoms with Gasteiger partial charge >= 0.3 is 0 Å². The lowest BCUT2D eigenvalue weighted by molar-refractivity contribution is -0.906. The Balaban J connectivity index is 1.61. The molecule has 0 aliphatic carbocycles. The number of quaternary nitrogens is 1. The summed E-state index contributed by atoms with van der Waals surface area (Å²) in [7, 11) is 0. The van der Waals surface area contributed by atoms with Crippen LogP contribution in [0.3, 0.4) is 0 Å². The zero-order valence-electron chi connectivity index (χ0n) is 10.6. The number of carbonyl (C=O) groups is 2. The molecule has 2 saturated heterocycles. The van der Waals surface area contributed by atoms with E-state index < -0.39 is 0 Å². The van der Waals surface area contributed by atoms with Crippen molar-refractivity contribution in [1.29, 1.82) is 0 Å². The Morgan fingerprint density at radius 2 is 1.79 bits per heavy atom. The fourth-order valence-corrected chi connectivity index (χ4v) is 3.88. The number of hydrogen-bond donors (Lipinski definition) is 2. The van der Waals surface area contributed by atoms with Crippen LogP contribution in [0, 0.1) is 0 Å². The third-order valence-electron chi connectivity index (χ3n) is 3.96. The van der Waals surface area contributed by atoms with Crippen molar-refractivity contribution in [2.75, 3.05) is 13.1 Å². The van der Waals surface area contributed by atoms with Gasteiger partial charge in [-0.2, -0.15) is 0 Å². The molecule has 0 radical (unpaired) electrons. The summed E-state index contributed by atoms with van der Waals surface area (Å²) in [6.45, 7) is 1.91. The predicted molar refractivity (Wildman–Crippen MR) is 74.0 cm³/mol. The number of amides is 2. The molecular formula is C14H17N2O2S+. The Morgan fingerprint density at radius 1 is 1.11 bits per heavy atom. The summed E-state index contributed by atoms with van der Waals surface area (Å²) < 4.78 is 0. The predicted octanol–water partition coefficient (Wildman–Crippen LogP) is 0.758. The summed E-state index contributed by atoms with van der Waals surface area (Å²) >= 11 is 1.14. The zero-order chi connectivity index (χ0) is 13.2. The molecule has 0 unspecified atom stereocenters. The quantitative estimate of drug-likeness (QED) is 0.839. The van der Waals surface area contributed by atoms with E-state index in [2.05, 4.69) is 29.6 Å². The zero-order valence-corrected chi connectivity index (χ0v) is 11.4. The van der Waals surface area contributed by atoms with Crippen molar-refractivity contribution in [3.8, 4) is 0 Å². The van der Waals surface area contributed by atoms with Gasteiger partial charge in [0, 0.05) is 24.6 Å². The Bertz CT molecular complexity index is 483. The largest absolute Gasteiger partial charge is 0.316 e. The number of thioether (sulfide) groups is 1. The molecule has 0 saturated carbocycles. The van der Waals surface area contributed by atoms with Gasteiger partial charge in [-0.1, -0.05) is 30.3 Å². The monoisotopic (exact) mass is 277 g/mol. The second-order valence-electron chi connectivity index (χ2n) is 5.12. The summed E-state index contributed by atoms with van der Waals surface area (Å²) in [5.74, 6) is 0.471. The van der Waals surface area contributed by atoms with Crippen LogP contribution in [-0.2, 0) is 4.79 Å². The number of rotatable bonds is 2. The number of imide groups is 1. The molecule has 4 nitrogen and oxygen atoms in total. The standard InChI is InChI=1S/C14H16N2O2S/c17-12-13(19-14(18)15-12)16-8-6-11(7-9-16)10-4-2-1-3-5-10/h1-5,11,13H,6-9H2,(H,15,17,18)/p+1/t13-/m0/s1. The topological polar surface area (TPSA) is 50.6 Å². The van der Waals surface area contributed by atoms with Gasteiger partial charge in [-0.05, 0) is 11.5 Å². The van der Waals surface area contributed by atoms with Gasteiger partial charge in [0.15, 0.2) is 0 Å². The van der Waals surface area contributed by atoms with E-state index in [0.717, 1.165) is 37.7 Å². The molecule has 0 spiro atoms. The molecule has 1 atom stereocenters. The average Bonchev–Trinajstić information content (AvgIpc) is 2.79. The first kappa shape index (κ1) is 12.7. The molecule has 2 amide bonds. The third kappa shape index (κ3) is 2.67. The van der Waals surface area contributed by atoms with E-state index in [1.807, 2.05) is 6.07 Å². The van der Waals surface area contributed by atoms with Crippen molar-refractivity contribution in [1.82, 2.24) is 5.32 Å². The Labute approximate surface area is 116 Å². The van der Waals surface area contributed by atoms with Crippen LogP contribution in [0.2, 0.25) is 0 Å². The van der Waals surface area contributed by atoms with Crippen molar-refractivity contribution in [3.63, 3.8) is 0 Å². The van der Waals surface area contributed by atoms with Crippen molar-refractivity contribution in [2.24, 2.45) is 0 Å². The molecule has 2 fully saturated rings. The van der Waals surface area contributed by atoms with Gasteiger partial charge < -0.3 is 4.90 Å². The van der Waals surface area contributed by atoms with Crippen LogP contribution in [-0.4, -0.2) is 29.6 Å². The van der Waals surface area contributed by atoms with E-state index >= 15 is 0 Å². The molecule has 0 aromatic heterocycles. The SMILES string of the molecule is O=C1NC(=O)[C@@H]([NH+]2CCC(c3ccccc3)CC2)S1. The molecule has 1 aromatic rings. The lowest BCUT2D eigenvalue weighted by atomic mass is 9.89. The number of likely N-dealkylation sites (tertiary alicyclic amines) is 1. The van der Waals surface area contributed by atoms with Gasteiger partial charge in [0.05, 0.1) is 13.1 Å². The van der Waals surface area contributed by atoms with Crippen LogP contribution in [0.4, 0.5) is 4.79 Å². The first-order valence-corrected chi connectivity index (χ1v) is 7.53. The Hall–Kier alpha value is -1.33. The third-order valence-corrected chi connectivity index (χ3v) is 5.06. The highest BCUT2D eigenvalue weighted by Gasteiger charge is 2.41. The molecule has 0 bridgehead atoms. The summed E-state index contributed by atoms with van der Waals surface area (Å²) in [6.07, 6.45) is 2.16. The number of benzene rings is 1. The molecule has 2 heterocycles. The molecule has 3 rings (SSSR count). The minimum absolute atomic E-state index is 0.122. The second kappa shape index (κ2) is 5.35. The van der Waals surface area contributed by atoms with Crippen LogP contribution in [0.5, 0.6) is 0 Å². The van der Waals surface area contributed by atoms with Crippen molar-refractivity contribution in [2.45, 2.75) is 24.1 Å². The first-order chi connectivity index (χ1) is 9.24. The molecule has 100 valence electrons. The fraction of sp³-hybridized carbons (Fsp3) is 0.429. The minimum atomic E-state index is -0.232. The van der Waals surface area contributed by atoms with E-state index in [1.54, 1.807) is 0 Å². The highest BCUT2D eigenvalue weighted by molar-refractivity contribution is 8.15. The molecular weight excluding hydrogens is 260 g/mol. The van der Waals surface area contributed by atoms with Gasteiger partial charge in [-0.3, -0.25) is 14.9 Å². The fourth-order valence-electron chi connectivity index (χ4n) is 2.93. The second-order valence-corrected chi connectivity index (χ2v) is 6.20. The lowest BCUT2D eigenvalue weighted by Crippen LogP contribution is -3.17. The highest BCUT2D eigenvalue weighted by Crippen LogP contribution is 2.24. The average molecular weight is 277 g/mol. The maximum atomic E-state index is 11.7. The molecule has 2 aliphatic heterocycles. The number of piperidine rings is 1. The summed E-state index contributed by atoms with van der Waals surface area (Å²) in [5.41, 5.74) is 1.39. The van der Waals surface area contributed by atoms with E-state index in [0.29, 0.717) is 5.92 Å². The van der Waals surface area contributed by atoms with Crippen molar-refractivity contribution in [3.05, 3.63) is 35.9 Å². The van der Waals surface area contributed by atoms with Gasteiger partial charge in [-0.25, -0.2) is 0 Å². The molecule has 2 aliphatic rings. The summed E-state index contributed by atoms with van der Waals surface area (Å²) in [4.78, 5) is 24.1.